The Kier molecular flexibility index (Phi) is 7.94. The van der Waals surface area contributed by atoms with E-state index < -0.39 is 0 Å². The largest absolute Gasteiger partial charge is 0.493 e. The second-order valence-corrected chi connectivity index (χ2v) is 7.65. The number of hydrogen-bond acceptors (Lipinski definition) is 4. The van der Waals surface area contributed by atoms with Gasteiger partial charge in [-0.1, -0.05) is 55.7 Å². The second-order valence-electron chi connectivity index (χ2n) is 7.65. The maximum absolute atomic E-state index is 12.7. The molecular formula is C24H32N2O3. The molecule has 1 N–H and O–H groups in total. The molecule has 5 heteroatoms. The highest BCUT2D eigenvalue weighted by molar-refractivity contribution is 5.78. The predicted octanol–water partition coefficient (Wildman–Crippen LogP) is 4.15. The van der Waals surface area contributed by atoms with Crippen LogP contribution in [0.2, 0.25) is 0 Å². The standard InChI is InChI=1S/C24H32N2O3/c1-28-22-14-13-20(15-23(22)29-2)16-25-24(27)18-26(21-11-7-4-8-12-21)17-19-9-5-3-6-10-19/h3,5-6,9-10,13-15,21H,4,7-8,11-12,16-18H2,1-2H3,(H,25,27). The summed E-state index contributed by atoms with van der Waals surface area (Å²) < 4.78 is 10.6. The van der Waals surface area contributed by atoms with E-state index in [1.54, 1.807) is 14.2 Å². The fourth-order valence-electron chi connectivity index (χ4n) is 4.01. The van der Waals surface area contributed by atoms with Crippen LogP contribution in [0.25, 0.3) is 0 Å². The quantitative estimate of drug-likeness (QED) is 0.692. The number of nitrogens with zero attached hydrogens (tertiary/aromatic N) is 1. The Morgan fingerprint density at radius 2 is 1.69 bits per heavy atom. The van der Waals surface area contributed by atoms with Crippen LogP contribution in [0, 0.1) is 0 Å². The first-order chi connectivity index (χ1) is 14.2. The normalized spacial score (nSPS) is 14.6. The van der Waals surface area contributed by atoms with Crippen LogP contribution in [-0.4, -0.2) is 37.6 Å². The van der Waals surface area contributed by atoms with Crippen molar-refractivity contribution in [1.82, 2.24) is 10.2 Å². The Bertz CT molecular complexity index is 773. The maximum Gasteiger partial charge on any atom is 0.234 e. The highest BCUT2D eigenvalue weighted by atomic mass is 16.5. The van der Waals surface area contributed by atoms with Crippen molar-refractivity contribution in [1.29, 1.82) is 0 Å². The zero-order valence-electron chi connectivity index (χ0n) is 17.5. The van der Waals surface area contributed by atoms with Crippen molar-refractivity contribution in [3.8, 4) is 11.5 Å². The Morgan fingerprint density at radius 3 is 2.38 bits per heavy atom. The van der Waals surface area contributed by atoms with Gasteiger partial charge in [-0.25, -0.2) is 0 Å². The lowest BCUT2D eigenvalue weighted by atomic mass is 9.93. The zero-order valence-corrected chi connectivity index (χ0v) is 17.5. The average molecular weight is 397 g/mol. The first-order valence-electron chi connectivity index (χ1n) is 10.4. The highest BCUT2D eigenvalue weighted by Gasteiger charge is 2.23. The van der Waals surface area contributed by atoms with E-state index >= 15 is 0 Å². The summed E-state index contributed by atoms with van der Waals surface area (Å²) in [6.45, 7) is 1.71. The molecule has 5 nitrogen and oxygen atoms in total. The highest BCUT2D eigenvalue weighted by Crippen LogP contribution is 2.27. The molecule has 156 valence electrons. The van der Waals surface area contributed by atoms with E-state index in [0.717, 1.165) is 12.1 Å². The van der Waals surface area contributed by atoms with Gasteiger partial charge in [-0.15, -0.1) is 0 Å². The van der Waals surface area contributed by atoms with Gasteiger partial charge in [-0.2, -0.15) is 0 Å². The molecule has 0 aliphatic heterocycles. The summed E-state index contributed by atoms with van der Waals surface area (Å²) in [6, 6.07) is 16.6. The molecule has 2 aromatic rings. The minimum Gasteiger partial charge on any atom is -0.493 e. The van der Waals surface area contributed by atoms with Gasteiger partial charge in [0.15, 0.2) is 11.5 Å². The number of ether oxygens (including phenoxy) is 2. The summed E-state index contributed by atoms with van der Waals surface area (Å²) in [5, 5.41) is 3.07. The SMILES string of the molecule is COc1ccc(CNC(=O)CN(Cc2ccccc2)C2CCCCC2)cc1OC. The first kappa shape index (κ1) is 21.2. The average Bonchev–Trinajstić information content (AvgIpc) is 2.78. The minimum absolute atomic E-state index is 0.0567. The van der Waals surface area contributed by atoms with Crippen LogP contribution in [0.5, 0.6) is 11.5 Å². The number of hydrogen-bond donors (Lipinski definition) is 1. The Hall–Kier alpha value is -2.53. The van der Waals surface area contributed by atoms with Gasteiger partial charge in [-0.05, 0) is 36.1 Å². The topological polar surface area (TPSA) is 50.8 Å². The van der Waals surface area contributed by atoms with Gasteiger partial charge in [0.25, 0.3) is 0 Å². The summed E-state index contributed by atoms with van der Waals surface area (Å²) in [5.41, 5.74) is 2.24. The van der Waals surface area contributed by atoms with Crippen LogP contribution in [0.15, 0.2) is 48.5 Å². The van der Waals surface area contributed by atoms with E-state index in [2.05, 4.69) is 34.5 Å². The Balaban J connectivity index is 1.60. The van der Waals surface area contributed by atoms with Crippen molar-refractivity contribution in [2.75, 3.05) is 20.8 Å². The number of methoxy groups -OCH3 is 2. The van der Waals surface area contributed by atoms with E-state index in [1.165, 1.54) is 37.7 Å². The van der Waals surface area contributed by atoms with Crippen LogP contribution < -0.4 is 14.8 Å². The van der Waals surface area contributed by atoms with Crippen molar-refractivity contribution >= 4 is 5.91 Å². The van der Waals surface area contributed by atoms with E-state index in [9.17, 15) is 4.79 Å². The Morgan fingerprint density at radius 1 is 0.966 bits per heavy atom. The number of rotatable bonds is 9. The molecule has 1 aliphatic rings. The smallest absolute Gasteiger partial charge is 0.234 e. The molecular weight excluding hydrogens is 364 g/mol. The zero-order chi connectivity index (χ0) is 20.5. The van der Waals surface area contributed by atoms with Crippen LogP contribution in [0.3, 0.4) is 0 Å². The summed E-state index contributed by atoms with van der Waals surface area (Å²) in [5.74, 6) is 1.42. The van der Waals surface area contributed by atoms with Crippen molar-refractivity contribution in [3.63, 3.8) is 0 Å². The molecule has 0 atom stereocenters. The van der Waals surface area contributed by atoms with Gasteiger partial charge >= 0.3 is 0 Å². The number of carbonyl (C=O) groups is 1. The van der Waals surface area contributed by atoms with Gasteiger partial charge in [-0.3, -0.25) is 9.69 Å². The molecule has 0 aromatic heterocycles. The molecule has 3 rings (SSSR count). The fourth-order valence-corrected chi connectivity index (χ4v) is 4.01. The summed E-state index contributed by atoms with van der Waals surface area (Å²) in [7, 11) is 3.23. The van der Waals surface area contributed by atoms with E-state index in [1.807, 2.05) is 24.3 Å². The van der Waals surface area contributed by atoms with Crippen LogP contribution in [-0.2, 0) is 17.9 Å². The van der Waals surface area contributed by atoms with Crippen LogP contribution in [0.1, 0.15) is 43.2 Å². The molecule has 0 unspecified atom stereocenters. The van der Waals surface area contributed by atoms with Crippen molar-refractivity contribution in [2.45, 2.75) is 51.2 Å². The van der Waals surface area contributed by atoms with Gasteiger partial charge < -0.3 is 14.8 Å². The molecule has 1 aliphatic carbocycles. The van der Waals surface area contributed by atoms with E-state index in [0.29, 0.717) is 30.6 Å². The molecule has 1 fully saturated rings. The van der Waals surface area contributed by atoms with Gasteiger partial charge in [0.1, 0.15) is 0 Å². The molecule has 29 heavy (non-hydrogen) atoms. The maximum atomic E-state index is 12.7. The molecule has 2 aromatic carbocycles. The lowest BCUT2D eigenvalue weighted by Gasteiger charge is -2.34. The molecule has 1 saturated carbocycles. The van der Waals surface area contributed by atoms with Crippen LogP contribution >= 0.6 is 0 Å². The van der Waals surface area contributed by atoms with Gasteiger partial charge in [0.05, 0.1) is 20.8 Å². The van der Waals surface area contributed by atoms with Crippen LogP contribution in [0.4, 0.5) is 0 Å². The third kappa shape index (κ3) is 6.23. The number of benzene rings is 2. The lowest BCUT2D eigenvalue weighted by molar-refractivity contribution is -0.123. The molecule has 0 heterocycles. The number of amides is 1. The predicted molar refractivity (Wildman–Crippen MR) is 115 cm³/mol. The van der Waals surface area contributed by atoms with E-state index in [-0.39, 0.29) is 5.91 Å². The van der Waals surface area contributed by atoms with Crippen molar-refractivity contribution < 1.29 is 14.3 Å². The molecule has 1 amide bonds. The number of carbonyl (C=O) groups excluding carboxylic acids is 1. The third-order valence-corrected chi connectivity index (χ3v) is 5.60. The fraction of sp³-hybridized carbons (Fsp3) is 0.458. The Labute approximate surface area is 174 Å². The molecule has 0 spiro atoms. The van der Waals surface area contributed by atoms with Gasteiger partial charge in [0.2, 0.25) is 5.91 Å². The number of nitrogens with one attached hydrogen (secondary N) is 1. The first-order valence-corrected chi connectivity index (χ1v) is 10.4. The minimum atomic E-state index is 0.0567. The third-order valence-electron chi connectivity index (χ3n) is 5.60. The van der Waals surface area contributed by atoms with E-state index in [4.69, 9.17) is 9.47 Å². The summed E-state index contributed by atoms with van der Waals surface area (Å²) in [4.78, 5) is 15.1. The second kappa shape index (κ2) is 10.9. The summed E-state index contributed by atoms with van der Waals surface area (Å²) in [6.07, 6.45) is 6.17. The molecule has 0 radical (unpaired) electrons. The van der Waals surface area contributed by atoms with Crippen molar-refractivity contribution in [2.24, 2.45) is 0 Å². The molecule has 0 saturated heterocycles. The summed E-state index contributed by atoms with van der Waals surface area (Å²) >= 11 is 0. The van der Waals surface area contributed by atoms with Crippen molar-refractivity contribution in [3.05, 3.63) is 59.7 Å². The lowest BCUT2D eigenvalue weighted by Crippen LogP contribution is -2.43. The molecule has 0 bridgehead atoms. The van der Waals surface area contributed by atoms with Gasteiger partial charge in [0, 0.05) is 19.1 Å². The monoisotopic (exact) mass is 396 g/mol.